The summed E-state index contributed by atoms with van der Waals surface area (Å²) in [6.45, 7) is 6.04. The van der Waals surface area contributed by atoms with E-state index in [1.165, 1.54) is 12.1 Å². The van der Waals surface area contributed by atoms with Gasteiger partial charge in [0.2, 0.25) is 0 Å². The zero-order valence-electron chi connectivity index (χ0n) is 11.1. The normalized spacial score (nSPS) is 12.7. The summed E-state index contributed by atoms with van der Waals surface area (Å²) in [4.78, 5) is 0. The zero-order chi connectivity index (χ0) is 14.0. The van der Waals surface area contributed by atoms with Crippen molar-refractivity contribution in [2.24, 2.45) is 0 Å². The first kappa shape index (κ1) is 13.7. The Morgan fingerprint density at radius 3 is 2.37 bits per heavy atom. The number of rotatable bonds is 4. The minimum Gasteiger partial charge on any atom is -0.361 e. The van der Waals surface area contributed by atoms with E-state index in [-0.39, 0.29) is 6.04 Å². The SMILES string of the molecule is Cc1noc(C)c1C(C)NCc1cc(F)cc(F)c1. The van der Waals surface area contributed by atoms with Gasteiger partial charge in [0.25, 0.3) is 0 Å². The fraction of sp³-hybridized carbons (Fsp3) is 0.357. The summed E-state index contributed by atoms with van der Waals surface area (Å²) < 4.78 is 31.2. The number of nitrogens with zero attached hydrogens (tertiary/aromatic N) is 1. The Labute approximate surface area is 110 Å². The molecule has 0 aliphatic heterocycles. The highest BCUT2D eigenvalue weighted by atomic mass is 19.1. The number of aryl methyl sites for hydroxylation is 2. The van der Waals surface area contributed by atoms with Gasteiger partial charge in [-0.15, -0.1) is 0 Å². The Bertz CT molecular complexity index is 541. The highest BCUT2D eigenvalue weighted by molar-refractivity contribution is 5.25. The van der Waals surface area contributed by atoms with Crippen LogP contribution in [0.1, 0.15) is 35.5 Å². The quantitative estimate of drug-likeness (QED) is 0.921. The molecule has 19 heavy (non-hydrogen) atoms. The van der Waals surface area contributed by atoms with Gasteiger partial charge in [0.15, 0.2) is 0 Å². The molecule has 1 heterocycles. The molecule has 0 fully saturated rings. The van der Waals surface area contributed by atoms with E-state index < -0.39 is 11.6 Å². The summed E-state index contributed by atoms with van der Waals surface area (Å²) in [6.07, 6.45) is 0. The van der Waals surface area contributed by atoms with Crippen LogP contribution in [0.2, 0.25) is 0 Å². The van der Waals surface area contributed by atoms with Gasteiger partial charge < -0.3 is 9.84 Å². The van der Waals surface area contributed by atoms with E-state index in [0.717, 1.165) is 23.1 Å². The number of benzene rings is 1. The third-order valence-corrected chi connectivity index (χ3v) is 3.06. The van der Waals surface area contributed by atoms with Gasteiger partial charge in [-0.3, -0.25) is 0 Å². The van der Waals surface area contributed by atoms with Crippen LogP contribution in [0.4, 0.5) is 8.78 Å². The van der Waals surface area contributed by atoms with E-state index in [1.807, 2.05) is 20.8 Å². The number of aromatic nitrogens is 1. The molecule has 0 aliphatic rings. The van der Waals surface area contributed by atoms with Crippen LogP contribution in [0.5, 0.6) is 0 Å². The zero-order valence-corrected chi connectivity index (χ0v) is 11.1. The standard InChI is InChI=1S/C14H16F2N2O/c1-8(14-9(2)18-19-10(14)3)17-7-11-4-12(15)6-13(16)5-11/h4-6,8,17H,7H2,1-3H3. The maximum atomic E-state index is 13.1. The smallest absolute Gasteiger partial charge is 0.138 e. The van der Waals surface area contributed by atoms with Crippen molar-refractivity contribution in [1.29, 1.82) is 0 Å². The van der Waals surface area contributed by atoms with Gasteiger partial charge in [-0.2, -0.15) is 0 Å². The minimum atomic E-state index is -0.568. The monoisotopic (exact) mass is 266 g/mol. The second kappa shape index (κ2) is 5.48. The van der Waals surface area contributed by atoms with E-state index >= 15 is 0 Å². The summed E-state index contributed by atoms with van der Waals surface area (Å²) in [5.41, 5.74) is 2.37. The maximum absolute atomic E-state index is 13.1. The van der Waals surface area contributed by atoms with Gasteiger partial charge in [-0.1, -0.05) is 5.16 Å². The molecule has 1 unspecified atom stereocenters. The van der Waals surface area contributed by atoms with Crippen LogP contribution in [0, 0.1) is 25.5 Å². The van der Waals surface area contributed by atoms with Crippen molar-refractivity contribution in [2.75, 3.05) is 0 Å². The maximum Gasteiger partial charge on any atom is 0.138 e. The van der Waals surface area contributed by atoms with Crippen molar-refractivity contribution in [1.82, 2.24) is 10.5 Å². The van der Waals surface area contributed by atoms with Crippen LogP contribution < -0.4 is 5.32 Å². The molecular weight excluding hydrogens is 250 g/mol. The van der Waals surface area contributed by atoms with Crippen LogP contribution in [0.25, 0.3) is 0 Å². The van der Waals surface area contributed by atoms with Crippen molar-refractivity contribution >= 4 is 0 Å². The topological polar surface area (TPSA) is 38.1 Å². The highest BCUT2D eigenvalue weighted by Gasteiger charge is 2.15. The molecule has 0 spiro atoms. The van der Waals surface area contributed by atoms with E-state index in [9.17, 15) is 8.78 Å². The average Bonchev–Trinajstić information content (AvgIpc) is 2.65. The van der Waals surface area contributed by atoms with E-state index in [0.29, 0.717) is 12.1 Å². The molecule has 102 valence electrons. The van der Waals surface area contributed by atoms with Crippen molar-refractivity contribution in [3.05, 3.63) is 52.4 Å². The molecule has 1 N–H and O–H groups in total. The van der Waals surface area contributed by atoms with Crippen molar-refractivity contribution < 1.29 is 13.3 Å². The summed E-state index contributed by atoms with van der Waals surface area (Å²) >= 11 is 0. The molecule has 2 aromatic rings. The third-order valence-electron chi connectivity index (χ3n) is 3.06. The predicted molar refractivity (Wildman–Crippen MR) is 67.6 cm³/mol. The molecule has 1 aromatic carbocycles. The van der Waals surface area contributed by atoms with Crippen molar-refractivity contribution in [3.8, 4) is 0 Å². The van der Waals surface area contributed by atoms with Gasteiger partial charge in [-0.05, 0) is 38.5 Å². The molecule has 0 amide bonds. The summed E-state index contributed by atoms with van der Waals surface area (Å²) in [5.74, 6) is -0.383. The Morgan fingerprint density at radius 1 is 1.21 bits per heavy atom. The third kappa shape index (κ3) is 3.17. The van der Waals surface area contributed by atoms with E-state index in [1.54, 1.807) is 0 Å². The largest absolute Gasteiger partial charge is 0.361 e. The average molecular weight is 266 g/mol. The molecule has 0 saturated heterocycles. The lowest BCUT2D eigenvalue weighted by molar-refractivity contribution is 0.390. The molecule has 0 radical (unpaired) electrons. The molecule has 1 aromatic heterocycles. The fourth-order valence-corrected chi connectivity index (χ4v) is 2.19. The molecule has 0 bridgehead atoms. The van der Waals surface area contributed by atoms with E-state index in [4.69, 9.17) is 4.52 Å². The molecule has 0 aliphatic carbocycles. The molecule has 2 rings (SSSR count). The van der Waals surface area contributed by atoms with Crippen LogP contribution in [-0.4, -0.2) is 5.16 Å². The van der Waals surface area contributed by atoms with Crippen LogP contribution in [0.15, 0.2) is 22.7 Å². The Kier molecular flexibility index (Phi) is 3.95. The lowest BCUT2D eigenvalue weighted by atomic mass is 10.1. The molecule has 3 nitrogen and oxygen atoms in total. The number of hydrogen-bond acceptors (Lipinski definition) is 3. The number of hydrogen-bond donors (Lipinski definition) is 1. The second-order valence-electron chi connectivity index (χ2n) is 4.62. The Morgan fingerprint density at radius 2 is 1.84 bits per heavy atom. The van der Waals surface area contributed by atoms with Gasteiger partial charge in [0, 0.05) is 24.2 Å². The van der Waals surface area contributed by atoms with Gasteiger partial charge in [0.05, 0.1) is 5.69 Å². The number of halogens is 2. The van der Waals surface area contributed by atoms with Crippen LogP contribution in [-0.2, 0) is 6.54 Å². The van der Waals surface area contributed by atoms with Crippen LogP contribution in [0.3, 0.4) is 0 Å². The first-order valence-corrected chi connectivity index (χ1v) is 6.08. The van der Waals surface area contributed by atoms with E-state index in [2.05, 4.69) is 10.5 Å². The highest BCUT2D eigenvalue weighted by Crippen LogP contribution is 2.21. The first-order valence-electron chi connectivity index (χ1n) is 6.08. The molecular formula is C14H16F2N2O. The molecule has 5 heteroatoms. The number of nitrogens with one attached hydrogen (secondary N) is 1. The van der Waals surface area contributed by atoms with Crippen molar-refractivity contribution in [3.63, 3.8) is 0 Å². The Hall–Kier alpha value is -1.75. The predicted octanol–water partition coefficient (Wildman–Crippen LogP) is 3.42. The van der Waals surface area contributed by atoms with Gasteiger partial charge in [0.1, 0.15) is 17.4 Å². The van der Waals surface area contributed by atoms with Crippen LogP contribution >= 0.6 is 0 Å². The lowest BCUT2D eigenvalue weighted by Gasteiger charge is -2.13. The molecule has 0 saturated carbocycles. The summed E-state index contributed by atoms with van der Waals surface area (Å²) in [6, 6.07) is 3.49. The minimum absolute atomic E-state index is 0.00224. The van der Waals surface area contributed by atoms with Gasteiger partial charge >= 0.3 is 0 Å². The lowest BCUT2D eigenvalue weighted by Crippen LogP contribution is -2.19. The van der Waals surface area contributed by atoms with Crippen molar-refractivity contribution in [2.45, 2.75) is 33.4 Å². The van der Waals surface area contributed by atoms with Gasteiger partial charge in [-0.25, -0.2) is 8.78 Å². The Balaban J connectivity index is 2.06. The summed E-state index contributed by atoms with van der Waals surface area (Å²) in [7, 11) is 0. The fourth-order valence-electron chi connectivity index (χ4n) is 2.19. The summed E-state index contributed by atoms with van der Waals surface area (Å²) in [5, 5.41) is 7.09. The first-order chi connectivity index (χ1) is 8.97. The second-order valence-corrected chi connectivity index (χ2v) is 4.62. The molecule has 1 atom stereocenters.